The van der Waals surface area contributed by atoms with Gasteiger partial charge >= 0.3 is 5.76 Å². The number of carbonyl (C=O) groups excluding carboxylic acids is 1. The maximum absolute atomic E-state index is 13.1. The number of hydrogen-bond donors (Lipinski definition) is 1. The minimum Gasteiger partial charge on any atom is -0.408 e. The molecule has 1 saturated heterocycles. The number of hydrogen-bond acceptors (Lipinski definition) is 4. The number of aromatic nitrogens is 1. The molecule has 0 spiro atoms. The molecule has 0 saturated carbocycles. The SMILES string of the molecule is Cn1c(=O)oc2ccc(C(=O)N3CCNCC3c3ccccc3)cc21. The zero-order chi connectivity index (χ0) is 17.4. The molecule has 1 N–H and O–H groups in total. The minimum absolute atomic E-state index is 0.00804. The van der Waals surface area contributed by atoms with E-state index < -0.39 is 5.76 Å². The third-order valence-corrected chi connectivity index (χ3v) is 4.73. The van der Waals surface area contributed by atoms with Crippen molar-refractivity contribution in [1.29, 1.82) is 0 Å². The first-order valence-corrected chi connectivity index (χ1v) is 8.31. The van der Waals surface area contributed by atoms with Crippen LogP contribution in [-0.4, -0.2) is 35.0 Å². The van der Waals surface area contributed by atoms with Gasteiger partial charge in [-0.1, -0.05) is 30.3 Å². The van der Waals surface area contributed by atoms with Crippen LogP contribution in [0.3, 0.4) is 0 Å². The van der Waals surface area contributed by atoms with Crippen molar-refractivity contribution in [2.75, 3.05) is 19.6 Å². The average molecular weight is 337 g/mol. The molecule has 1 aliphatic rings. The van der Waals surface area contributed by atoms with Crippen LogP contribution < -0.4 is 11.1 Å². The molecular formula is C19H19N3O3. The van der Waals surface area contributed by atoms with Crippen molar-refractivity contribution in [2.45, 2.75) is 6.04 Å². The van der Waals surface area contributed by atoms with Crippen LogP contribution in [0.15, 0.2) is 57.7 Å². The number of aryl methyl sites for hydroxylation is 1. The van der Waals surface area contributed by atoms with Crippen LogP contribution in [0.4, 0.5) is 0 Å². The Morgan fingerprint density at radius 1 is 1.20 bits per heavy atom. The van der Waals surface area contributed by atoms with E-state index in [1.165, 1.54) is 4.57 Å². The molecular weight excluding hydrogens is 318 g/mol. The van der Waals surface area contributed by atoms with Gasteiger partial charge in [0.2, 0.25) is 0 Å². The third-order valence-electron chi connectivity index (χ3n) is 4.73. The number of piperazine rings is 1. The van der Waals surface area contributed by atoms with E-state index in [4.69, 9.17) is 4.42 Å². The van der Waals surface area contributed by atoms with Crippen LogP contribution in [0.5, 0.6) is 0 Å². The highest BCUT2D eigenvalue weighted by Crippen LogP contribution is 2.25. The fourth-order valence-corrected chi connectivity index (χ4v) is 3.35. The number of fused-ring (bicyclic) bond motifs is 1. The topological polar surface area (TPSA) is 67.5 Å². The van der Waals surface area contributed by atoms with Crippen molar-refractivity contribution in [1.82, 2.24) is 14.8 Å². The van der Waals surface area contributed by atoms with Gasteiger partial charge in [-0.15, -0.1) is 0 Å². The molecule has 1 aromatic heterocycles. The fraction of sp³-hybridized carbons (Fsp3) is 0.263. The molecule has 6 nitrogen and oxygen atoms in total. The first-order chi connectivity index (χ1) is 12.1. The van der Waals surface area contributed by atoms with Gasteiger partial charge in [0, 0.05) is 32.2 Å². The Morgan fingerprint density at radius 2 is 2.00 bits per heavy atom. The summed E-state index contributed by atoms with van der Waals surface area (Å²) in [5.74, 6) is -0.463. The number of rotatable bonds is 2. The summed E-state index contributed by atoms with van der Waals surface area (Å²) in [4.78, 5) is 26.7. The molecule has 1 atom stereocenters. The second-order valence-electron chi connectivity index (χ2n) is 6.24. The Balaban J connectivity index is 1.71. The average Bonchev–Trinajstić information content (AvgIpc) is 2.95. The van der Waals surface area contributed by atoms with Crippen LogP contribution in [0.25, 0.3) is 11.1 Å². The van der Waals surface area contributed by atoms with Gasteiger partial charge in [0.1, 0.15) is 0 Å². The summed E-state index contributed by atoms with van der Waals surface area (Å²) in [6.45, 7) is 2.13. The third kappa shape index (κ3) is 2.74. The lowest BCUT2D eigenvalue weighted by Gasteiger charge is -2.36. The van der Waals surface area contributed by atoms with Crippen LogP contribution in [-0.2, 0) is 7.05 Å². The number of oxazole rings is 1. The Labute approximate surface area is 144 Å². The van der Waals surface area contributed by atoms with Crippen molar-refractivity contribution in [3.8, 4) is 0 Å². The smallest absolute Gasteiger partial charge is 0.408 e. The van der Waals surface area contributed by atoms with Gasteiger partial charge in [-0.2, -0.15) is 0 Å². The van der Waals surface area contributed by atoms with E-state index in [0.29, 0.717) is 23.2 Å². The van der Waals surface area contributed by atoms with Crippen LogP contribution in [0.1, 0.15) is 22.0 Å². The summed E-state index contributed by atoms with van der Waals surface area (Å²) < 4.78 is 6.56. The highest BCUT2D eigenvalue weighted by atomic mass is 16.4. The molecule has 128 valence electrons. The maximum atomic E-state index is 13.1. The molecule has 2 aromatic carbocycles. The Bertz CT molecular complexity index is 974. The highest BCUT2D eigenvalue weighted by molar-refractivity contribution is 5.97. The first kappa shape index (κ1) is 15.7. The Kier molecular flexibility index (Phi) is 3.89. The summed E-state index contributed by atoms with van der Waals surface area (Å²) in [5, 5.41) is 3.36. The number of nitrogens with zero attached hydrogens (tertiary/aromatic N) is 2. The molecule has 25 heavy (non-hydrogen) atoms. The summed E-state index contributed by atoms with van der Waals surface area (Å²) in [6, 6.07) is 15.2. The predicted molar refractivity (Wildman–Crippen MR) is 94.5 cm³/mol. The van der Waals surface area contributed by atoms with Crippen LogP contribution in [0, 0.1) is 0 Å². The molecule has 4 rings (SSSR count). The van der Waals surface area contributed by atoms with Gasteiger partial charge in [0.05, 0.1) is 11.6 Å². The van der Waals surface area contributed by atoms with E-state index in [1.54, 1.807) is 25.2 Å². The minimum atomic E-state index is -0.427. The fourth-order valence-electron chi connectivity index (χ4n) is 3.35. The van der Waals surface area contributed by atoms with E-state index >= 15 is 0 Å². The lowest BCUT2D eigenvalue weighted by atomic mass is 10.0. The largest absolute Gasteiger partial charge is 0.419 e. The first-order valence-electron chi connectivity index (χ1n) is 8.31. The standard InChI is InChI=1S/C19H19N3O3/c1-21-15-11-14(7-8-17(15)25-19(21)24)18(23)22-10-9-20-12-16(22)13-5-3-2-4-6-13/h2-8,11,16,20H,9-10,12H2,1H3. The van der Waals surface area contributed by atoms with Crippen molar-refractivity contribution in [2.24, 2.45) is 7.05 Å². The van der Waals surface area contributed by atoms with Gasteiger partial charge in [0.15, 0.2) is 5.58 Å². The molecule has 1 unspecified atom stereocenters. The molecule has 3 aromatic rings. The van der Waals surface area contributed by atoms with Crippen molar-refractivity contribution in [3.05, 3.63) is 70.2 Å². The second-order valence-corrected chi connectivity index (χ2v) is 6.24. The van der Waals surface area contributed by atoms with E-state index in [9.17, 15) is 9.59 Å². The maximum Gasteiger partial charge on any atom is 0.419 e. The predicted octanol–water partition coefficient (Wildman–Crippen LogP) is 1.92. The van der Waals surface area contributed by atoms with Crippen molar-refractivity contribution < 1.29 is 9.21 Å². The van der Waals surface area contributed by atoms with Gasteiger partial charge in [-0.05, 0) is 23.8 Å². The number of amides is 1. The molecule has 0 radical (unpaired) electrons. The quantitative estimate of drug-likeness (QED) is 0.776. The number of benzene rings is 2. The zero-order valence-corrected chi connectivity index (χ0v) is 13.9. The number of nitrogens with one attached hydrogen (secondary N) is 1. The Morgan fingerprint density at radius 3 is 2.80 bits per heavy atom. The summed E-state index contributed by atoms with van der Waals surface area (Å²) >= 11 is 0. The van der Waals surface area contributed by atoms with Gasteiger partial charge in [-0.3, -0.25) is 9.36 Å². The Hall–Kier alpha value is -2.86. The molecule has 2 heterocycles. The van der Waals surface area contributed by atoms with E-state index in [1.807, 2.05) is 35.2 Å². The van der Waals surface area contributed by atoms with Gasteiger partial charge in [0.25, 0.3) is 5.91 Å². The van der Waals surface area contributed by atoms with Crippen molar-refractivity contribution in [3.63, 3.8) is 0 Å². The van der Waals surface area contributed by atoms with Crippen molar-refractivity contribution >= 4 is 17.0 Å². The van der Waals surface area contributed by atoms with Gasteiger partial charge < -0.3 is 14.6 Å². The lowest BCUT2D eigenvalue weighted by Crippen LogP contribution is -2.48. The molecule has 1 aliphatic heterocycles. The normalized spacial score (nSPS) is 17.8. The number of carbonyl (C=O) groups is 1. The molecule has 6 heteroatoms. The molecule has 1 fully saturated rings. The van der Waals surface area contributed by atoms with E-state index in [0.717, 1.165) is 18.7 Å². The monoisotopic (exact) mass is 337 g/mol. The van der Waals surface area contributed by atoms with Crippen LogP contribution >= 0.6 is 0 Å². The second kappa shape index (κ2) is 6.22. The highest BCUT2D eigenvalue weighted by Gasteiger charge is 2.28. The van der Waals surface area contributed by atoms with E-state index in [-0.39, 0.29) is 11.9 Å². The summed E-state index contributed by atoms with van der Waals surface area (Å²) in [7, 11) is 1.64. The molecule has 0 bridgehead atoms. The van der Waals surface area contributed by atoms with Crippen LogP contribution in [0.2, 0.25) is 0 Å². The summed E-state index contributed by atoms with van der Waals surface area (Å²) in [6.07, 6.45) is 0. The lowest BCUT2D eigenvalue weighted by molar-refractivity contribution is 0.0634. The molecule has 0 aliphatic carbocycles. The van der Waals surface area contributed by atoms with E-state index in [2.05, 4.69) is 5.32 Å². The summed E-state index contributed by atoms with van der Waals surface area (Å²) in [5.41, 5.74) is 2.79. The van der Waals surface area contributed by atoms with Gasteiger partial charge in [-0.25, -0.2) is 4.79 Å². The molecule has 1 amide bonds. The zero-order valence-electron chi connectivity index (χ0n) is 13.9.